The maximum atomic E-state index is 11.9. The summed E-state index contributed by atoms with van der Waals surface area (Å²) in [7, 11) is 0. The van der Waals surface area contributed by atoms with Gasteiger partial charge in [-0.15, -0.1) is 11.3 Å². The topological polar surface area (TPSA) is 72.2 Å². The number of rotatable bonds is 3. The number of carbonyl (C=O) groups is 1. The van der Waals surface area contributed by atoms with Crippen molar-refractivity contribution >= 4 is 27.4 Å². The fourth-order valence-corrected chi connectivity index (χ4v) is 2.93. The Balaban J connectivity index is 2.23. The molecule has 0 atom stereocenters. The summed E-state index contributed by atoms with van der Waals surface area (Å²) in [5.74, 6) is -1.30. The number of thiophene rings is 1. The summed E-state index contributed by atoms with van der Waals surface area (Å²) in [5, 5.41) is 16.1. The van der Waals surface area contributed by atoms with Gasteiger partial charge in [0.1, 0.15) is 0 Å². The van der Waals surface area contributed by atoms with Gasteiger partial charge in [-0.1, -0.05) is 6.92 Å². The van der Waals surface area contributed by atoms with Crippen molar-refractivity contribution < 1.29 is 9.90 Å². The second-order valence-corrected chi connectivity index (χ2v) is 5.53. The van der Waals surface area contributed by atoms with Crippen LogP contribution < -0.4 is 5.43 Å². The van der Waals surface area contributed by atoms with Crippen LogP contribution in [-0.4, -0.2) is 20.9 Å². The maximum absolute atomic E-state index is 11.9. The van der Waals surface area contributed by atoms with E-state index in [0.29, 0.717) is 12.0 Å². The molecule has 0 aliphatic carbocycles. The van der Waals surface area contributed by atoms with Gasteiger partial charge in [0.05, 0.1) is 5.69 Å². The molecule has 0 saturated heterocycles. The van der Waals surface area contributed by atoms with E-state index in [2.05, 4.69) is 5.10 Å². The molecule has 0 spiro atoms. The minimum Gasteiger partial charge on any atom is -0.476 e. The molecule has 0 fully saturated rings. The molecule has 5 nitrogen and oxygen atoms in total. The Labute approximate surface area is 124 Å². The summed E-state index contributed by atoms with van der Waals surface area (Å²) in [6, 6.07) is 7.74. The first-order valence-electron chi connectivity index (χ1n) is 6.44. The Morgan fingerprint density at radius 3 is 2.90 bits per heavy atom. The quantitative estimate of drug-likeness (QED) is 0.807. The monoisotopic (exact) mass is 300 g/mol. The second kappa shape index (κ2) is 5.14. The summed E-state index contributed by atoms with van der Waals surface area (Å²) in [5.41, 5.74) is 0.212. The van der Waals surface area contributed by atoms with E-state index in [0.717, 1.165) is 15.8 Å². The first kappa shape index (κ1) is 13.5. The minimum absolute atomic E-state index is 0.438. The van der Waals surface area contributed by atoms with Gasteiger partial charge in [-0.3, -0.25) is 4.79 Å². The molecule has 0 saturated carbocycles. The van der Waals surface area contributed by atoms with E-state index < -0.39 is 17.1 Å². The zero-order valence-electron chi connectivity index (χ0n) is 11.2. The first-order valence-corrected chi connectivity index (χ1v) is 7.32. The number of benzene rings is 1. The normalized spacial score (nSPS) is 10.9. The van der Waals surface area contributed by atoms with E-state index in [-0.39, 0.29) is 0 Å². The molecule has 3 rings (SSSR count). The third-order valence-electron chi connectivity index (χ3n) is 3.28. The molecule has 2 heterocycles. The van der Waals surface area contributed by atoms with Gasteiger partial charge in [0, 0.05) is 16.5 Å². The molecule has 0 aliphatic rings. The lowest BCUT2D eigenvalue weighted by atomic mass is 10.2. The van der Waals surface area contributed by atoms with Crippen molar-refractivity contribution in [1.29, 1.82) is 0 Å². The van der Waals surface area contributed by atoms with Crippen LogP contribution >= 0.6 is 11.3 Å². The van der Waals surface area contributed by atoms with E-state index in [9.17, 15) is 9.59 Å². The first-order chi connectivity index (χ1) is 10.1. The van der Waals surface area contributed by atoms with Crippen molar-refractivity contribution in [3.63, 3.8) is 0 Å². The number of fused-ring (bicyclic) bond motifs is 1. The molecule has 1 aromatic carbocycles. The number of aromatic carboxylic acids is 1. The average Bonchev–Trinajstić information content (AvgIpc) is 2.94. The average molecular weight is 300 g/mol. The van der Waals surface area contributed by atoms with Crippen LogP contribution in [0.2, 0.25) is 0 Å². The number of carboxylic acid groups (broad SMARTS) is 1. The highest BCUT2D eigenvalue weighted by molar-refractivity contribution is 7.17. The molecule has 2 aromatic heterocycles. The summed E-state index contributed by atoms with van der Waals surface area (Å²) in [4.78, 5) is 23.1. The number of nitrogens with zero attached hydrogens (tertiary/aromatic N) is 2. The molecule has 1 N–H and O–H groups in total. The molecule has 21 heavy (non-hydrogen) atoms. The van der Waals surface area contributed by atoms with Crippen LogP contribution in [0.25, 0.3) is 15.8 Å². The summed E-state index contributed by atoms with van der Waals surface area (Å²) in [6.07, 6.45) is 2.06. The number of hydrogen-bond acceptors (Lipinski definition) is 4. The molecule has 0 amide bonds. The molecule has 0 radical (unpaired) electrons. The Bertz CT molecular complexity index is 895. The Morgan fingerprint density at radius 2 is 2.19 bits per heavy atom. The number of aryl methyl sites for hydroxylation is 1. The van der Waals surface area contributed by atoms with E-state index in [1.807, 2.05) is 36.6 Å². The molecule has 106 valence electrons. The van der Waals surface area contributed by atoms with Crippen molar-refractivity contribution in [2.75, 3.05) is 0 Å². The highest BCUT2D eigenvalue weighted by Gasteiger charge is 2.15. The van der Waals surface area contributed by atoms with Crippen LogP contribution in [0.4, 0.5) is 0 Å². The van der Waals surface area contributed by atoms with Gasteiger partial charge in [0.15, 0.2) is 0 Å². The lowest BCUT2D eigenvalue weighted by molar-refractivity contribution is 0.0686. The number of carboxylic acids is 1. The predicted octanol–water partition coefficient (Wildman–Crippen LogP) is 2.71. The lowest BCUT2D eigenvalue weighted by Gasteiger charge is -2.08. The van der Waals surface area contributed by atoms with Crippen molar-refractivity contribution in [3.05, 3.63) is 57.3 Å². The van der Waals surface area contributed by atoms with Crippen molar-refractivity contribution in [2.24, 2.45) is 0 Å². The molecule has 3 aromatic rings. The van der Waals surface area contributed by atoms with Gasteiger partial charge in [0.2, 0.25) is 11.1 Å². The molecule has 6 heteroatoms. The zero-order valence-corrected chi connectivity index (χ0v) is 12.1. The third kappa shape index (κ3) is 2.34. The summed E-state index contributed by atoms with van der Waals surface area (Å²) < 4.78 is 2.61. The largest absolute Gasteiger partial charge is 0.476 e. The standard InChI is InChI=1S/C15H12N2O3S/c1-2-9-8-17(16-13(14(9)18)15(19)20)11-3-4-12-10(7-11)5-6-21-12/h3-8H,2H2,1H3,(H,19,20). The van der Waals surface area contributed by atoms with E-state index in [4.69, 9.17) is 5.11 Å². The van der Waals surface area contributed by atoms with Gasteiger partial charge < -0.3 is 5.11 Å². The molecule has 0 aliphatic heterocycles. The highest BCUT2D eigenvalue weighted by Crippen LogP contribution is 2.23. The van der Waals surface area contributed by atoms with Crippen LogP contribution in [0.3, 0.4) is 0 Å². The molecule has 0 bridgehead atoms. The molecular formula is C15H12N2O3S. The molecular weight excluding hydrogens is 288 g/mol. The van der Waals surface area contributed by atoms with Gasteiger partial charge in [-0.2, -0.15) is 5.10 Å². The second-order valence-electron chi connectivity index (χ2n) is 4.58. The van der Waals surface area contributed by atoms with Crippen molar-refractivity contribution in [3.8, 4) is 5.69 Å². The smallest absolute Gasteiger partial charge is 0.360 e. The van der Waals surface area contributed by atoms with Gasteiger partial charge >= 0.3 is 5.97 Å². The van der Waals surface area contributed by atoms with Crippen LogP contribution in [0.15, 0.2) is 40.6 Å². The SMILES string of the molecule is CCc1cn(-c2ccc3sccc3c2)nc(C(=O)O)c1=O. The van der Waals surface area contributed by atoms with E-state index in [1.54, 1.807) is 17.5 Å². The highest BCUT2D eigenvalue weighted by atomic mass is 32.1. The van der Waals surface area contributed by atoms with Gasteiger partial charge in [0.25, 0.3) is 0 Å². The fraction of sp³-hybridized carbons (Fsp3) is 0.133. The third-order valence-corrected chi connectivity index (χ3v) is 4.17. The van der Waals surface area contributed by atoms with Crippen LogP contribution in [-0.2, 0) is 6.42 Å². The van der Waals surface area contributed by atoms with Crippen LogP contribution in [0, 0.1) is 0 Å². The number of hydrogen-bond donors (Lipinski definition) is 1. The predicted molar refractivity (Wildman–Crippen MR) is 81.6 cm³/mol. The van der Waals surface area contributed by atoms with Crippen molar-refractivity contribution in [1.82, 2.24) is 9.78 Å². The zero-order chi connectivity index (χ0) is 15.0. The van der Waals surface area contributed by atoms with Crippen molar-refractivity contribution in [2.45, 2.75) is 13.3 Å². The van der Waals surface area contributed by atoms with Crippen LogP contribution in [0.5, 0.6) is 0 Å². The molecule has 0 unspecified atom stereocenters. The Morgan fingerprint density at radius 1 is 1.38 bits per heavy atom. The fourth-order valence-electron chi connectivity index (χ4n) is 2.16. The van der Waals surface area contributed by atoms with Crippen LogP contribution in [0.1, 0.15) is 23.0 Å². The summed E-state index contributed by atoms with van der Waals surface area (Å²) >= 11 is 1.64. The van der Waals surface area contributed by atoms with Gasteiger partial charge in [-0.25, -0.2) is 9.48 Å². The Hall–Kier alpha value is -2.47. The Kier molecular flexibility index (Phi) is 3.31. The minimum atomic E-state index is -1.30. The van der Waals surface area contributed by atoms with Gasteiger partial charge in [-0.05, 0) is 41.5 Å². The van der Waals surface area contributed by atoms with E-state index in [1.165, 1.54) is 4.68 Å². The summed E-state index contributed by atoms with van der Waals surface area (Å²) in [6.45, 7) is 1.81. The maximum Gasteiger partial charge on any atom is 0.360 e. The lowest BCUT2D eigenvalue weighted by Crippen LogP contribution is -2.24. The van der Waals surface area contributed by atoms with E-state index >= 15 is 0 Å². The number of aromatic nitrogens is 2.